The first-order chi connectivity index (χ1) is 20.0. The van der Waals surface area contributed by atoms with Gasteiger partial charge in [-0.2, -0.15) is 4.98 Å². The second kappa shape index (κ2) is 10.5. The Kier molecular flexibility index (Phi) is 6.96. The predicted molar refractivity (Wildman–Crippen MR) is 157 cm³/mol. The molecule has 0 radical (unpaired) electrons. The highest BCUT2D eigenvalue weighted by atomic mass is 35.5. The largest absolute Gasteiger partial charge is 0.335 e. The first kappa shape index (κ1) is 27.8. The monoisotopic (exact) mass is 621 g/mol. The Hall–Kier alpha value is -4.32. The molecule has 0 unspecified atom stereocenters. The van der Waals surface area contributed by atoms with Gasteiger partial charge >= 0.3 is 6.03 Å². The van der Waals surface area contributed by atoms with Crippen molar-refractivity contribution in [3.8, 4) is 0 Å². The zero-order valence-electron chi connectivity index (χ0n) is 22.0. The fourth-order valence-electron chi connectivity index (χ4n) is 5.00. The zero-order valence-corrected chi connectivity index (χ0v) is 24.3. The third-order valence-electron chi connectivity index (χ3n) is 6.99. The van der Waals surface area contributed by atoms with Gasteiger partial charge in [0.2, 0.25) is 15.0 Å². The molecule has 1 aromatic heterocycles. The maximum atomic E-state index is 14.1. The van der Waals surface area contributed by atoms with Gasteiger partial charge in [-0.25, -0.2) is 23.1 Å². The number of rotatable bonds is 6. The number of hydrogen-bond donors (Lipinski definition) is 0. The molecule has 0 saturated carbocycles. The minimum absolute atomic E-state index is 0.00239. The summed E-state index contributed by atoms with van der Waals surface area (Å²) in [7, 11) is -3.78. The number of benzene rings is 3. The van der Waals surface area contributed by atoms with E-state index in [0.717, 1.165) is 11.8 Å². The van der Waals surface area contributed by atoms with E-state index in [9.17, 15) is 22.8 Å². The maximum Gasteiger partial charge on any atom is 0.335 e. The van der Waals surface area contributed by atoms with Gasteiger partial charge in [-0.15, -0.1) is 0 Å². The minimum atomic E-state index is -3.78. The highest BCUT2D eigenvalue weighted by Gasteiger charge is 2.37. The van der Waals surface area contributed by atoms with Crippen LogP contribution in [0.5, 0.6) is 0 Å². The van der Waals surface area contributed by atoms with Gasteiger partial charge in [0.15, 0.2) is 5.82 Å². The van der Waals surface area contributed by atoms with Crippen LogP contribution < -0.4 is 9.80 Å². The summed E-state index contributed by atoms with van der Waals surface area (Å²) in [6.07, 6.45) is 2.66. The summed E-state index contributed by atoms with van der Waals surface area (Å²) in [5, 5.41) is 0.0790. The van der Waals surface area contributed by atoms with Gasteiger partial charge in [-0.05, 0) is 48.4 Å². The highest BCUT2D eigenvalue weighted by Crippen LogP contribution is 2.41. The smallest absolute Gasteiger partial charge is 0.286 e. The molecular formula is C29H21Cl2N5O5S. The Morgan fingerprint density at radius 3 is 2.17 bits per heavy atom. The number of para-hydroxylation sites is 1. The Morgan fingerprint density at radius 1 is 0.881 bits per heavy atom. The molecule has 0 atom stereocenters. The molecular weight excluding hydrogens is 601 g/mol. The highest BCUT2D eigenvalue weighted by molar-refractivity contribution is 7.90. The molecule has 4 aromatic rings. The summed E-state index contributed by atoms with van der Waals surface area (Å²) in [6.45, 7) is 0.125. The van der Waals surface area contributed by atoms with Crippen LogP contribution in [0.15, 0.2) is 78.1 Å². The molecule has 13 heteroatoms. The fraction of sp³-hybridized carbons (Fsp3) is 0.138. The molecule has 42 heavy (non-hydrogen) atoms. The van der Waals surface area contributed by atoms with Crippen LogP contribution in [0.4, 0.5) is 22.0 Å². The van der Waals surface area contributed by atoms with Gasteiger partial charge < -0.3 is 0 Å². The molecule has 212 valence electrons. The quantitative estimate of drug-likeness (QED) is 0.211. The van der Waals surface area contributed by atoms with Crippen LogP contribution in [0.3, 0.4) is 0 Å². The van der Waals surface area contributed by atoms with E-state index in [2.05, 4.69) is 9.97 Å². The van der Waals surface area contributed by atoms with Gasteiger partial charge in [-0.1, -0.05) is 53.5 Å². The van der Waals surface area contributed by atoms with Crippen molar-refractivity contribution >= 4 is 68.1 Å². The average molecular weight is 622 g/mol. The number of fused-ring (bicyclic) bond motifs is 2. The van der Waals surface area contributed by atoms with Crippen LogP contribution in [0.25, 0.3) is 0 Å². The third kappa shape index (κ3) is 4.79. The van der Waals surface area contributed by atoms with Crippen LogP contribution >= 0.6 is 23.2 Å². The van der Waals surface area contributed by atoms with E-state index in [0.29, 0.717) is 28.8 Å². The van der Waals surface area contributed by atoms with Crippen molar-refractivity contribution in [1.29, 1.82) is 0 Å². The van der Waals surface area contributed by atoms with Crippen LogP contribution in [-0.4, -0.2) is 53.9 Å². The standard InChI is InChI=1S/C29H21Cl2N5O5S/c1-42(40,41)28-32-15-18-16-35(24-22(30)10-5-11-23(24)31)29(39)36(25(18)33-28)19-7-4-6-17(14-19)12-13-34-26(37)20-8-2-3-9-21(20)27(34)38/h2-11,14-15H,12-13,16H2,1H3. The summed E-state index contributed by atoms with van der Waals surface area (Å²) in [5.41, 5.74) is 2.60. The lowest BCUT2D eigenvalue weighted by Gasteiger charge is -2.36. The molecule has 2 aliphatic heterocycles. The Morgan fingerprint density at radius 2 is 1.52 bits per heavy atom. The second-order valence-corrected chi connectivity index (χ2v) is 12.5. The number of aromatic nitrogens is 2. The topological polar surface area (TPSA) is 121 Å². The number of carbonyl (C=O) groups excluding carboxylic acids is 3. The first-order valence-electron chi connectivity index (χ1n) is 12.7. The molecule has 10 nitrogen and oxygen atoms in total. The summed E-state index contributed by atoms with van der Waals surface area (Å²) in [4.78, 5) is 51.8. The maximum absolute atomic E-state index is 14.1. The van der Waals surface area contributed by atoms with Crippen molar-refractivity contribution in [2.45, 2.75) is 18.1 Å². The fourth-order valence-corrected chi connectivity index (χ4v) is 6.10. The van der Waals surface area contributed by atoms with Crippen LogP contribution in [0.1, 0.15) is 31.8 Å². The third-order valence-corrected chi connectivity index (χ3v) is 8.46. The first-order valence-corrected chi connectivity index (χ1v) is 15.3. The van der Waals surface area contributed by atoms with Crippen molar-refractivity contribution < 1.29 is 22.8 Å². The average Bonchev–Trinajstić information content (AvgIpc) is 3.20. The molecule has 4 amide bonds. The lowest BCUT2D eigenvalue weighted by Crippen LogP contribution is -2.46. The minimum Gasteiger partial charge on any atom is -0.286 e. The second-order valence-electron chi connectivity index (χ2n) is 9.78. The number of sulfone groups is 1. The number of carbonyl (C=O) groups is 3. The van der Waals surface area contributed by atoms with E-state index in [1.54, 1.807) is 60.7 Å². The lowest BCUT2D eigenvalue weighted by molar-refractivity contribution is 0.0656. The summed E-state index contributed by atoms with van der Waals surface area (Å²) in [5.74, 6) is -0.611. The Bertz CT molecular complexity index is 1860. The number of imide groups is 1. The van der Waals surface area contributed by atoms with Gasteiger partial charge in [0.25, 0.3) is 11.8 Å². The molecule has 0 saturated heterocycles. The van der Waals surface area contributed by atoms with Gasteiger partial charge in [0.1, 0.15) is 0 Å². The molecule has 3 aromatic carbocycles. The molecule has 0 fully saturated rings. The molecule has 3 heterocycles. The molecule has 0 spiro atoms. The SMILES string of the molecule is CS(=O)(=O)c1ncc2c(n1)N(c1cccc(CCN3C(=O)c4ccccc4C3=O)c1)C(=O)N(c1c(Cl)cccc1Cl)C2. The van der Waals surface area contributed by atoms with E-state index < -0.39 is 21.0 Å². The predicted octanol–water partition coefficient (Wildman–Crippen LogP) is 5.30. The lowest BCUT2D eigenvalue weighted by atomic mass is 10.1. The molecule has 6 rings (SSSR count). The van der Waals surface area contributed by atoms with Gasteiger partial charge in [-0.3, -0.25) is 19.4 Å². The number of anilines is 3. The van der Waals surface area contributed by atoms with Crippen LogP contribution in [-0.2, 0) is 22.8 Å². The van der Waals surface area contributed by atoms with Crippen molar-refractivity contribution in [3.05, 3.63) is 105 Å². The van der Waals surface area contributed by atoms with Crippen molar-refractivity contribution in [2.24, 2.45) is 0 Å². The summed E-state index contributed by atoms with van der Waals surface area (Å²) >= 11 is 12.9. The normalized spacial score (nSPS) is 14.8. The van der Waals surface area contributed by atoms with Crippen molar-refractivity contribution in [2.75, 3.05) is 22.6 Å². The molecule has 0 bridgehead atoms. The van der Waals surface area contributed by atoms with Crippen LogP contribution in [0.2, 0.25) is 10.0 Å². The number of nitrogens with zero attached hydrogens (tertiary/aromatic N) is 5. The van der Waals surface area contributed by atoms with Gasteiger partial charge in [0, 0.05) is 24.6 Å². The molecule has 2 aliphatic rings. The zero-order chi connectivity index (χ0) is 29.8. The van der Waals surface area contributed by atoms with E-state index >= 15 is 0 Å². The molecule has 0 aliphatic carbocycles. The van der Waals surface area contributed by atoms with E-state index in [1.807, 2.05) is 6.07 Å². The number of urea groups is 1. The van der Waals surface area contributed by atoms with E-state index in [-0.39, 0.29) is 46.5 Å². The van der Waals surface area contributed by atoms with Crippen molar-refractivity contribution in [3.63, 3.8) is 0 Å². The van der Waals surface area contributed by atoms with Crippen molar-refractivity contribution in [1.82, 2.24) is 14.9 Å². The number of amides is 4. The Balaban J connectivity index is 1.37. The van der Waals surface area contributed by atoms with E-state index in [4.69, 9.17) is 23.2 Å². The summed E-state index contributed by atoms with van der Waals surface area (Å²) in [6, 6.07) is 17.9. The van der Waals surface area contributed by atoms with Gasteiger partial charge in [0.05, 0.1) is 39.1 Å². The summed E-state index contributed by atoms with van der Waals surface area (Å²) < 4.78 is 24.6. The number of hydrogen-bond acceptors (Lipinski definition) is 7. The molecule has 0 N–H and O–H groups in total. The van der Waals surface area contributed by atoms with Crippen LogP contribution in [0, 0.1) is 0 Å². The Labute approximate surface area is 251 Å². The number of halogens is 2. The van der Waals surface area contributed by atoms with E-state index in [1.165, 1.54) is 20.9 Å².